The fraction of sp³-hybridized carbons (Fsp3) is 0.0870. The third-order valence-corrected chi connectivity index (χ3v) is 5.02. The molecule has 3 N–H and O–H groups in total. The van der Waals surface area contributed by atoms with Gasteiger partial charge in [0.25, 0.3) is 0 Å². The van der Waals surface area contributed by atoms with E-state index in [2.05, 4.69) is 10.3 Å². The topological polar surface area (TPSA) is 112 Å². The van der Waals surface area contributed by atoms with E-state index in [4.69, 9.17) is 4.42 Å². The van der Waals surface area contributed by atoms with E-state index >= 15 is 0 Å². The first-order valence-electron chi connectivity index (χ1n) is 9.15. The lowest BCUT2D eigenvalue weighted by atomic mass is 9.89. The molecule has 1 aliphatic heterocycles. The molecular formula is C23H18N2O5. The highest BCUT2D eigenvalue weighted by Gasteiger charge is 2.22. The van der Waals surface area contributed by atoms with Crippen LogP contribution in [-0.2, 0) is 0 Å². The first-order valence-corrected chi connectivity index (χ1v) is 9.15. The summed E-state index contributed by atoms with van der Waals surface area (Å²) in [5.74, 6) is -1.76. The zero-order valence-electron chi connectivity index (χ0n) is 16.3. The number of anilines is 1. The second-order valence-corrected chi connectivity index (χ2v) is 6.71. The number of fused-ring (bicyclic) bond motifs is 2. The molecule has 0 saturated heterocycles. The number of benzene rings is 3. The van der Waals surface area contributed by atoms with Crippen molar-refractivity contribution in [3.8, 4) is 22.5 Å². The van der Waals surface area contributed by atoms with Crippen LogP contribution in [0.5, 0.6) is 0 Å². The van der Waals surface area contributed by atoms with Crippen LogP contribution >= 0.6 is 0 Å². The Morgan fingerprint density at radius 2 is 1.73 bits per heavy atom. The van der Waals surface area contributed by atoms with Gasteiger partial charge >= 0.3 is 11.9 Å². The van der Waals surface area contributed by atoms with Crippen molar-refractivity contribution in [2.75, 3.05) is 19.4 Å². The van der Waals surface area contributed by atoms with E-state index in [1.54, 1.807) is 32.3 Å². The third kappa shape index (κ3) is 3.16. The fourth-order valence-corrected chi connectivity index (χ4v) is 3.53. The maximum absolute atomic E-state index is 12.0. The molecule has 7 nitrogen and oxygen atoms in total. The first kappa shape index (κ1) is 19.2. The Kier molecular flexibility index (Phi) is 4.71. The van der Waals surface area contributed by atoms with Gasteiger partial charge in [-0.15, -0.1) is 0 Å². The lowest BCUT2D eigenvalue weighted by Gasteiger charge is -2.17. The van der Waals surface area contributed by atoms with Crippen molar-refractivity contribution in [2.24, 2.45) is 4.99 Å². The summed E-state index contributed by atoms with van der Waals surface area (Å²) in [6, 6.07) is 14.9. The Morgan fingerprint density at radius 1 is 0.933 bits per heavy atom. The lowest BCUT2D eigenvalue weighted by Crippen LogP contribution is -2.06. The number of nitrogens with zero attached hydrogens (tertiary/aromatic N) is 1. The Bertz CT molecular complexity index is 1350. The van der Waals surface area contributed by atoms with Gasteiger partial charge in [0.05, 0.1) is 16.5 Å². The van der Waals surface area contributed by atoms with Gasteiger partial charge in [0, 0.05) is 48.4 Å². The second kappa shape index (κ2) is 7.36. The Morgan fingerprint density at radius 3 is 2.40 bits per heavy atom. The minimum absolute atomic E-state index is 0.00381. The summed E-state index contributed by atoms with van der Waals surface area (Å²) < 4.78 is 6.11. The van der Waals surface area contributed by atoms with Gasteiger partial charge in [-0.3, -0.25) is 4.99 Å². The fourth-order valence-electron chi connectivity index (χ4n) is 3.53. The number of nitrogens with one attached hydrogen (secondary N) is 1. The summed E-state index contributed by atoms with van der Waals surface area (Å²) in [4.78, 5) is 27.7. The highest BCUT2D eigenvalue weighted by Crippen LogP contribution is 2.42. The quantitative estimate of drug-likeness (QED) is 0.442. The van der Waals surface area contributed by atoms with E-state index in [1.807, 2.05) is 18.2 Å². The number of carboxylic acid groups (broad SMARTS) is 2. The largest absolute Gasteiger partial charge is 0.478 e. The monoisotopic (exact) mass is 402 g/mol. The van der Waals surface area contributed by atoms with E-state index < -0.39 is 11.9 Å². The van der Waals surface area contributed by atoms with Crippen molar-refractivity contribution in [2.45, 2.75) is 0 Å². The molecule has 2 aliphatic rings. The third-order valence-electron chi connectivity index (χ3n) is 5.02. The number of carbonyl (C=O) groups is 2. The molecule has 1 aliphatic carbocycles. The molecular weight excluding hydrogens is 384 g/mol. The molecule has 0 bridgehead atoms. The summed E-state index contributed by atoms with van der Waals surface area (Å²) in [6.07, 6.45) is 0. The van der Waals surface area contributed by atoms with Crippen LogP contribution in [0, 0.1) is 0 Å². The van der Waals surface area contributed by atoms with Crippen LogP contribution in [0.4, 0.5) is 5.69 Å². The van der Waals surface area contributed by atoms with Crippen molar-refractivity contribution < 1.29 is 24.2 Å². The Hall–Kier alpha value is -4.13. The average molecular weight is 402 g/mol. The minimum Gasteiger partial charge on any atom is -0.478 e. The highest BCUT2D eigenvalue weighted by atomic mass is 16.4. The smallest absolute Gasteiger partial charge is 0.336 e. The van der Waals surface area contributed by atoms with Crippen LogP contribution in [-0.4, -0.2) is 36.2 Å². The molecule has 0 amide bonds. The molecule has 2 aromatic rings. The average Bonchev–Trinajstić information content (AvgIpc) is 2.75. The first-order chi connectivity index (χ1) is 14.4. The maximum atomic E-state index is 12.0. The number of hydrogen-bond donors (Lipinski definition) is 3. The van der Waals surface area contributed by atoms with Gasteiger partial charge in [0.15, 0.2) is 0 Å². The molecule has 7 heteroatoms. The van der Waals surface area contributed by atoms with Crippen LogP contribution in [0.3, 0.4) is 0 Å². The molecule has 0 saturated carbocycles. The zero-order chi connectivity index (χ0) is 21.4. The molecule has 0 radical (unpaired) electrons. The van der Waals surface area contributed by atoms with Crippen molar-refractivity contribution >= 4 is 28.6 Å². The van der Waals surface area contributed by atoms with Crippen molar-refractivity contribution in [3.63, 3.8) is 0 Å². The van der Waals surface area contributed by atoms with Gasteiger partial charge < -0.3 is 19.9 Å². The summed E-state index contributed by atoms with van der Waals surface area (Å²) in [7, 11) is 3.46. The van der Waals surface area contributed by atoms with Gasteiger partial charge in [0.2, 0.25) is 0 Å². The van der Waals surface area contributed by atoms with Crippen LogP contribution in [0.15, 0.2) is 64.0 Å². The van der Waals surface area contributed by atoms with Gasteiger partial charge in [0.1, 0.15) is 11.3 Å². The SMILES string of the molecule is CN=c1ccc2c(-c3cc(C(=O)O)ccc3C(=O)O)c3ccc(NC)cc3oc-2c1. The van der Waals surface area contributed by atoms with Crippen LogP contribution < -0.4 is 10.7 Å². The zero-order valence-corrected chi connectivity index (χ0v) is 16.3. The normalized spacial score (nSPS) is 11.7. The minimum atomic E-state index is -1.14. The molecule has 2 aromatic carbocycles. The lowest BCUT2D eigenvalue weighted by molar-refractivity contribution is 0.0682. The summed E-state index contributed by atoms with van der Waals surface area (Å²) in [5, 5.41) is 23.7. The molecule has 150 valence electrons. The molecule has 0 fully saturated rings. The molecule has 0 aromatic heterocycles. The van der Waals surface area contributed by atoms with Gasteiger partial charge in [-0.05, 0) is 48.0 Å². The van der Waals surface area contributed by atoms with E-state index in [0.717, 1.165) is 5.69 Å². The Labute approximate surface area is 171 Å². The van der Waals surface area contributed by atoms with Crippen LogP contribution in [0.25, 0.3) is 33.4 Å². The molecule has 0 unspecified atom stereocenters. The molecule has 4 rings (SSSR count). The van der Waals surface area contributed by atoms with Crippen molar-refractivity contribution in [1.82, 2.24) is 0 Å². The van der Waals surface area contributed by atoms with E-state index in [1.165, 1.54) is 18.2 Å². The van der Waals surface area contributed by atoms with E-state index in [-0.39, 0.29) is 11.1 Å². The standard InChI is InChI=1S/C23H18N2O5/c1-24-13-4-7-16-19(10-13)30-20-11-14(25-2)5-8-17(20)21(16)18-9-12(22(26)27)3-6-15(18)23(28)29/h3-11,24H,1-2H3,(H,26,27)(H,28,29). The predicted molar refractivity (Wildman–Crippen MR) is 113 cm³/mol. The van der Waals surface area contributed by atoms with Crippen LogP contribution in [0.1, 0.15) is 20.7 Å². The summed E-state index contributed by atoms with van der Waals surface area (Å²) in [6.45, 7) is 0. The molecule has 30 heavy (non-hydrogen) atoms. The van der Waals surface area contributed by atoms with E-state index in [9.17, 15) is 19.8 Å². The molecule has 0 spiro atoms. The molecule has 1 heterocycles. The van der Waals surface area contributed by atoms with E-state index in [0.29, 0.717) is 38.8 Å². The second-order valence-electron chi connectivity index (χ2n) is 6.71. The van der Waals surface area contributed by atoms with Crippen molar-refractivity contribution in [3.05, 3.63) is 71.1 Å². The number of carboxylic acids is 2. The van der Waals surface area contributed by atoms with Gasteiger partial charge in [-0.25, -0.2) is 9.59 Å². The van der Waals surface area contributed by atoms with Crippen molar-refractivity contribution in [1.29, 1.82) is 0 Å². The Balaban J connectivity index is 2.20. The maximum Gasteiger partial charge on any atom is 0.336 e. The van der Waals surface area contributed by atoms with Gasteiger partial charge in [-0.2, -0.15) is 0 Å². The molecule has 0 atom stereocenters. The number of aromatic carboxylic acids is 2. The number of hydrogen-bond acceptors (Lipinski definition) is 5. The highest BCUT2D eigenvalue weighted by molar-refractivity contribution is 6.09. The predicted octanol–water partition coefficient (Wildman–Crippen LogP) is 4.17. The van der Waals surface area contributed by atoms with Gasteiger partial charge in [-0.1, -0.05) is 0 Å². The van der Waals surface area contributed by atoms with Crippen LogP contribution in [0.2, 0.25) is 0 Å². The summed E-state index contributed by atoms with van der Waals surface area (Å²) >= 11 is 0. The summed E-state index contributed by atoms with van der Waals surface area (Å²) in [5.41, 5.74) is 2.95. The number of rotatable bonds is 4.